The average Bonchev–Trinajstić information content (AvgIpc) is 2.50. The lowest BCUT2D eigenvalue weighted by Gasteiger charge is -2.17. The third-order valence-corrected chi connectivity index (χ3v) is 4.73. The molecule has 0 fully saturated rings. The van der Waals surface area contributed by atoms with Crippen molar-refractivity contribution < 1.29 is 4.74 Å². The molecule has 3 rings (SSSR count). The van der Waals surface area contributed by atoms with E-state index in [1.807, 2.05) is 12.1 Å². The minimum atomic E-state index is 0.656. The quantitative estimate of drug-likeness (QED) is 0.877. The highest BCUT2D eigenvalue weighted by Crippen LogP contribution is 2.30. The largest absolute Gasteiger partial charge is 0.457 e. The van der Waals surface area contributed by atoms with Crippen molar-refractivity contribution in [3.05, 3.63) is 57.6 Å². The van der Waals surface area contributed by atoms with Gasteiger partial charge in [0, 0.05) is 4.47 Å². The molecule has 2 N–H and O–H groups in total. The molecule has 0 bridgehead atoms. The fourth-order valence-corrected chi connectivity index (χ4v) is 3.42. The first-order valence-electron chi connectivity index (χ1n) is 7.54. The molecule has 0 unspecified atom stereocenters. The molecule has 1 aliphatic carbocycles. The number of hydrogen-bond donors (Lipinski definition) is 1. The minimum Gasteiger partial charge on any atom is -0.457 e. The van der Waals surface area contributed by atoms with E-state index >= 15 is 0 Å². The summed E-state index contributed by atoms with van der Waals surface area (Å²) in [5, 5.41) is 0. The van der Waals surface area contributed by atoms with E-state index in [0.717, 1.165) is 22.4 Å². The summed E-state index contributed by atoms with van der Waals surface area (Å²) in [7, 11) is 0. The molecule has 2 aromatic rings. The molecule has 0 spiro atoms. The molecule has 110 valence electrons. The maximum absolute atomic E-state index is 6.00. The molecule has 0 aromatic heterocycles. The van der Waals surface area contributed by atoms with Gasteiger partial charge in [0.1, 0.15) is 11.5 Å². The highest BCUT2D eigenvalue weighted by molar-refractivity contribution is 9.10. The van der Waals surface area contributed by atoms with Crippen LogP contribution in [0.4, 0.5) is 0 Å². The zero-order valence-corrected chi connectivity index (χ0v) is 13.7. The molecule has 0 saturated heterocycles. The Bertz CT molecular complexity index is 639. The van der Waals surface area contributed by atoms with Gasteiger partial charge in [0.2, 0.25) is 0 Å². The molecular formula is C18H20BrNO. The van der Waals surface area contributed by atoms with Crippen molar-refractivity contribution in [1.82, 2.24) is 0 Å². The zero-order chi connectivity index (χ0) is 14.7. The summed E-state index contributed by atoms with van der Waals surface area (Å²) >= 11 is 3.59. The number of nitrogens with two attached hydrogens (primary N) is 1. The van der Waals surface area contributed by atoms with Crippen LogP contribution in [-0.2, 0) is 19.3 Å². The second-order valence-corrected chi connectivity index (χ2v) is 6.39. The van der Waals surface area contributed by atoms with Crippen molar-refractivity contribution in [3.63, 3.8) is 0 Å². The van der Waals surface area contributed by atoms with E-state index in [1.165, 1.54) is 42.4 Å². The number of halogens is 1. The highest BCUT2D eigenvalue weighted by Gasteiger charge is 2.10. The first-order chi connectivity index (χ1) is 10.3. The number of hydrogen-bond acceptors (Lipinski definition) is 2. The van der Waals surface area contributed by atoms with Crippen LogP contribution in [0.1, 0.15) is 29.5 Å². The van der Waals surface area contributed by atoms with Gasteiger partial charge in [-0.1, -0.05) is 28.1 Å². The Balaban J connectivity index is 1.78. The van der Waals surface area contributed by atoms with Gasteiger partial charge in [-0.3, -0.25) is 0 Å². The first-order valence-corrected chi connectivity index (χ1v) is 8.34. The van der Waals surface area contributed by atoms with E-state index in [4.69, 9.17) is 10.5 Å². The summed E-state index contributed by atoms with van der Waals surface area (Å²) < 4.78 is 7.06. The Morgan fingerprint density at radius 3 is 2.43 bits per heavy atom. The van der Waals surface area contributed by atoms with E-state index < -0.39 is 0 Å². The molecule has 2 aromatic carbocycles. The minimum absolute atomic E-state index is 0.656. The van der Waals surface area contributed by atoms with Gasteiger partial charge < -0.3 is 10.5 Å². The molecule has 0 aliphatic heterocycles. The lowest BCUT2D eigenvalue weighted by atomic mass is 9.92. The number of rotatable bonds is 4. The van der Waals surface area contributed by atoms with Gasteiger partial charge in [0.25, 0.3) is 0 Å². The van der Waals surface area contributed by atoms with Crippen molar-refractivity contribution in [2.45, 2.75) is 32.1 Å². The molecule has 21 heavy (non-hydrogen) atoms. The highest BCUT2D eigenvalue weighted by atomic mass is 79.9. The maximum Gasteiger partial charge on any atom is 0.128 e. The molecular weight excluding hydrogens is 326 g/mol. The lowest BCUT2D eigenvalue weighted by Crippen LogP contribution is -2.03. The monoisotopic (exact) mass is 345 g/mol. The molecule has 2 nitrogen and oxygen atoms in total. The Kier molecular flexibility index (Phi) is 4.61. The van der Waals surface area contributed by atoms with Crippen molar-refractivity contribution in [3.8, 4) is 11.5 Å². The van der Waals surface area contributed by atoms with Crippen molar-refractivity contribution in [2.75, 3.05) is 6.54 Å². The SMILES string of the molecule is NCCc1ccc(Oc2ccc3c(c2)CCCC3)cc1Br. The van der Waals surface area contributed by atoms with E-state index in [9.17, 15) is 0 Å². The van der Waals surface area contributed by atoms with Crippen LogP contribution in [0.25, 0.3) is 0 Å². The lowest BCUT2D eigenvalue weighted by molar-refractivity contribution is 0.480. The Morgan fingerprint density at radius 1 is 0.952 bits per heavy atom. The van der Waals surface area contributed by atoms with Gasteiger partial charge in [-0.25, -0.2) is 0 Å². The third kappa shape index (κ3) is 3.47. The summed E-state index contributed by atoms with van der Waals surface area (Å²) in [6, 6.07) is 12.6. The topological polar surface area (TPSA) is 35.2 Å². The molecule has 0 amide bonds. The molecule has 0 radical (unpaired) electrons. The van der Waals surface area contributed by atoms with Gasteiger partial charge in [-0.05, 0) is 79.6 Å². The standard InChI is InChI=1S/C18H20BrNO/c19-18-12-17(8-6-14(18)9-10-20)21-16-7-5-13-3-1-2-4-15(13)11-16/h5-8,11-12H,1-4,9-10,20H2. The maximum atomic E-state index is 6.00. The van der Waals surface area contributed by atoms with Gasteiger partial charge >= 0.3 is 0 Å². The molecule has 0 saturated carbocycles. The van der Waals surface area contributed by atoms with Crippen LogP contribution in [0.2, 0.25) is 0 Å². The van der Waals surface area contributed by atoms with Gasteiger partial charge in [0.15, 0.2) is 0 Å². The second-order valence-electron chi connectivity index (χ2n) is 5.53. The summed E-state index contributed by atoms with van der Waals surface area (Å²) in [6.45, 7) is 0.656. The Hall–Kier alpha value is -1.32. The summed E-state index contributed by atoms with van der Waals surface area (Å²) in [6.07, 6.45) is 5.85. The number of fused-ring (bicyclic) bond motifs is 1. The van der Waals surface area contributed by atoms with Crippen LogP contribution in [0.3, 0.4) is 0 Å². The molecule has 1 aliphatic rings. The number of aryl methyl sites for hydroxylation is 2. The van der Waals surface area contributed by atoms with Crippen LogP contribution in [0, 0.1) is 0 Å². The predicted molar refractivity (Wildman–Crippen MR) is 90.1 cm³/mol. The number of ether oxygens (including phenoxy) is 1. The van der Waals surface area contributed by atoms with E-state index in [1.54, 1.807) is 0 Å². The molecule has 0 atom stereocenters. The molecule has 3 heteroatoms. The van der Waals surface area contributed by atoms with Crippen LogP contribution in [0.5, 0.6) is 11.5 Å². The summed E-state index contributed by atoms with van der Waals surface area (Å²) in [4.78, 5) is 0. The number of benzene rings is 2. The normalized spacial score (nSPS) is 13.8. The predicted octanol–water partition coefficient (Wildman–Crippen LogP) is 4.62. The zero-order valence-electron chi connectivity index (χ0n) is 12.1. The van der Waals surface area contributed by atoms with E-state index in [-0.39, 0.29) is 0 Å². The van der Waals surface area contributed by atoms with Crippen LogP contribution < -0.4 is 10.5 Å². The smallest absolute Gasteiger partial charge is 0.128 e. The fraction of sp³-hybridized carbons (Fsp3) is 0.333. The van der Waals surface area contributed by atoms with Crippen molar-refractivity contribution >= 4 is 15.9 Å². The van der Waals surface area contributed by atoms with Gasteiger partial charge in [-0.2, -0.15) is 0 Å². The van der Waals surface area contributed by atoms with Crippen LogP contribution in [-0.4, -0.2) is 6.54 Å². The van der Waals surface area contributed by atoms with Gasteiger partial charge in [0.05, 0.1) is 0 Å². The van der Waals surface area contributed by atoms with Crippen LogP contribution in [0.15, 0.2) is 40.9 Å². The Morgan fingerprint density at radius 2 is 1.67 bits per heavy atom. The van der Waals surface area contributed by atoms with Crippen molar-refractivity contribution in [2.24, 2.45) is 5.73 Å². The third-order valence-electron chi connectivity index (χ3n) is 3.99. The summed E-state index contributed by atoms with van der Waals surface area (Å²) in [5.74, 6) is 1.78. The Labute approximate surface area is 134 Å². The van der Waals surface area contributed by atoms with Gasteiger partial charge in [-0.15, -0.1) is 0 Å². The van der Waals surface area contributed by atoms with E-state index in [2.05, 4.69) is 40.2 Å². The molecule has 0 heterocycles. The average molecular weight is 346 g/mol. The summed E-state index contributed by atoms with van der Waals surface area (Å²) in [5.41, 5.74) is 9.74. The first kappa shape index (κ1) is 14.6. The van der Waals surface area contributed by atoms with Crippen LogP contribution >= 0.6 is 15.9 Å². The fourth-order valence-electron chi connectivity index (χ4n) is 2.86. The van der Waals surface area contributed by atoms with E-state index in [0.29, 0.717) is 6.54 Å². The van der Waals surface area contributed by atoms with Crippen molar-refractivity contribution in [1.29, 1.82) is 0 Å². The second kappa shape index (κ2) is 6.63.